The van der Waals surface area contributed by atoms with Gasteiger partial charge in [0, 0.05) is 0 Å². The first-order valence-corrected chi connectivity index (χ1v) is 3.30. The maximum absolute atomic E-state index is 3.97. The van der Waals surface area contributed by atoms with Crippen LogP contribution in [0, 0.1) is 18.8 Å². The lowest BCUT2D eigenvalue weighted by Gasteiger charge is -2.09. The SMILES string of the molecule is [CH2]C(C)C1C=CCC1. The Bertz CT molecular complexity index is 90.2. The van der Waals surface area contributed by atoms with E-state index in [-0.39, 0.29) is 0 Å². The molecule has 0 N–H and O–H groups in total. The molecule has 0 amide bonds. The average Bonchev–Trinajstić information content (AvgIpc) is 2.12. The quantitative estimate of drug-likeness (QED) is 0.454. The van der Waals surface area contributed by atoms with E-state index in [9.17, 15) is 0 Å². The summed E-state index contributed by atoms with van der Waals surface area (Å²) in [6.07, 6.45) is 7.14. The first-order chi connectivity index (χ1) is 3.80. The van der Waals surface area contributed by atoms with E-state index in [1.54, 1.807) is 0 Å². The fraction of sp³-hybridized carbons (Fsp3) is 0.625. The molecule has 0 aromatic carbocycles. The van der Waals surface area contributed by atoms with Gasteiger partial charge in [-0.15, -0.1) is 0 Å². The van der Waals surface area contributed by atoms with Crippen molar-refractivity contribution in [3.8, 4) is 0 Å². The molecule has 0 aromatic rings. The van der Waals surface area contributed by atoms with Gasteiger partial charge in [-0.05, 0) is 31.6 Å². The van der Waals surface area contributed by atoms with Crippen molar-refractivity contribution in [1.82, 2.24) is 0 Å². The van der Waals surface area contributed by atoms with Crippen molar-refractivity contribution in [2.45, 2.75) is 19.8 Å². The summed E-state index contributed by atoms with van der Waals surface area (Å²) in [7, 11) is 0. The standard InChI is InChI=1S/C8H13/c1-7(2)8-5-3-4-6-8/h3,5,7-8H,1,4,6H2,2H3. The smallest absolute Gasteiger partial charge is 0.0205 e. The first kappa shape index (κ1) is 5.87. The highest BCUT2D eigenvalue weighted by Crippen LogP contribution is 2.23. The largest absolute Gasteiger partial charge is 0.0882 e. The Labute approximate surface area is 51.6 Å². The maximum atomic E-state index is 3.97. The third-order valence-corrected chi connectivity index (χ3v) is 1.78. The maximum Gasteiger partial charge on any atom is -0.0205 e. The molecule has 1 radical (unpaired) electrons. The molecule has 8 heavy (non-hydrogen) atoms. The third kappa shape index (κ3) is 1.12. The van der Waals surface area contributed by atoms with E-state index in [0.29, 0.717) is 5.92 Å². The van der Waals surface area contributed by atoms with Crippen LogP contribution in [0.2, 0.25) is 0 Å². The van der Waals surface area contributed by atoms with Gasteiger partial charge in [0.15, 0.2) is 0 Å². The van der Waals surface area contributed by atoms with Crippen LogP contribution >= 0.6 is 0 Å². The Balaban J connectivity index is 2.36. The van der Waals surface area contributed by atoms with Gasteiger partial charge in [-0.1, -0.05) is 19.1 Å². The summed E-state index contributed by atoms with van der Waals surface area (Å²) < 4.78 is 0. The van der Waals surface area contributed by atoms with Crippen LogP contribution in [-0.2, 0) is 0 Å². The molecular weight excluding hydrogens is 96.1 g/mol. The molecule has 1 aliphatic carbocycles. The predicted octanol–water partition coefficient (Wildman–Crippen LogP) is 2.42. The van der Waals surface area contributed by atoms with E-state index in [0.717, 1.165) is 5.92 Å². The van der Waals surface area contributed by atoms with Crippen LogP contribution in [0.15, 0.2) is 12.2 Å². The average molecular weight is 109 g/mol. The normalized spacial score (nSPS) is 27.6. The molecule has 0 heterocycles. The van der Waals surface area contributed by atoms with Crippen molar-refractivity contribution in [1.29, 1.82) is 0 Å². The Hall–Kier alpha value is -0.260. The van der Waals surface area contributed by atoms with Crippen LogP contribution in [-0.4, -0.2) is 0 Å². The van der Waals surface area contributed by atoms with E-state index in [4.69, 9.17) is 0 Å². The van der Waals surface area contributed by atoms with Gasteiger partial charge in [-0.3, -0.25) is 0 Å². The van der Waals surface area contributed by atoms with Crippen molar-refractivity contribution >= 4 is 0 Å². The van der Waals surface area contributed by atoms with Gasteiger partial charge in [0.05, 0.1) is 0 Å². The highest BCUT2D eigenvalue weighted by Gasteiger charge is 2.11. The molecule has 2 unspecified atom stereocenters. The second-order valence-corrected chi connectivity index (χ2v) is 2.65. The predicted molar refractivity (Wildman–Crippen MR) is 36.4 cm³/mol. The van der Waals surface area contributed by atoms with Crippen LogP contribution in [0.25, 0.3) is 0 Å². The zero-order valence-corrected chi connectivity index (χ0v) is 5.43. The summed E-state index contributed by atoms with van der Waals surface area (Å²) >= 11 is 0. The van der Waals surface area contributed by atoms with Gasteiger partial charge in [0.1, 0.15) is 0 Å². The van der Waals surface area contributed by atoms with Gasteiger partial charge >= 0.3 is 0 Å². The van der Waals surface area contributed by atoms with E-state index in [2.05, 4.69) is 26.0 Å². The summed E-state index contributed by atoms with van der Waals surface area (Å²) in [5.41, 5.74) is 0. The lowest BCUT2D eigenvalue weighted by molar-refractivity contribution is 0.500. The number of allylic oxidation sites excluding steroid dienone is 2. The van der Waals surface area contributed by atoms with E-state index in [1.165, 1.54) is 12.8 Å². The molecule has 1 rings (SSSR count). The monoisotopic (exact) mass is 109 g/mol. The van der Waals surface area contributed by atoms with E-state index < -0.39 is 0 Å². The highest BCUT2D eigenvalue weighted by molar-refractivity contribution is 4.98. The molecule has 1 aliphatic rings. The molecule has 0 spiro atoms. The molecule has 0 saturated heterocycles. The molecule has 0 saturated carbocycles. The molecule has 0 aliphatic heterocycles. The highest BCUT2D eigenvalue weighted by atomic mass is 14.2. The Kier molecular flexibility index (Phi) is 1.72. The molecule has 0 nitrogen and oxygen atoms in total. The lowest BCUT2D eigenvalue weighted by atomic mass is 9.96. The lowest BCUT2D eigenvalue weighted by Crippen LogP contribution is -2.00. The van der Waals surface area contributed by atoms with Crippen LogP contribution in [0.3, 0.4) is 0 Å². The summed E-state index contributed by atoms with van der Waals surface area (Å²) in [5, 5.41) is 0. The van der Waals surface area contributed by atoms with Crippen molar-refractivity contribution < 1.29 is 0 Å². The fourth-order valence-corrected chi connectivity index (χ4v) is 1.13. The van der Waals surface area contributed by atoms with Crippen LogP contribution < -0.4 is 0 Å². The van der Waals surface area contributed by atoms with Crippen LogP contribution in [0.5, 0.6) is 0 Å². The van der Waals surface area contributed by atoms with Crippen molar-refractivity contribution in [2.24, 2.45) is 11.8 Å². The van der Waals surface area contributed by atoms with Gasteiger partial charge in [-0.2, -0.15) is 0 Å². The number of hydrogen-bond acceptors (Lipinski definition) is 0. The van der Waals surface area contributed by atoms with Crippen molar-refractivity contribution in [2.75, 3.05) is 0 Å². The van der Waals surface area contributed by atoms with Crippen LogP contribution in [0.1, 0.15) is 19.8 Å². The second-order valence-electron chi connectivity index (χ2n) is 2.65. The zero-order valence-electron chi connectivity index (χ0n) is 5.43. The zero-order chi connectivity index (χ0) is 5.98. The minimum absolute atomic E-state index is 0.605. The van der Waals surface area contributed by atoms with E-state index >= 15 is 0 Å². The summed E-state index contributed by atoms with van der Waals surface area (Å²) in [6.45, 7) is 6.15. The van der Waals surface area contributed by atoms with E-state index in [1.807, 2.05) is 0 Å². The molecule has 45 valence electrons. The van der Waals surface area contributed by atoms with Crippen molar-refractivity contribution in [3.05, 3.63) is 19.1 Å². The van der Waals surface area contributed by atoms with Gasteiger partial charge in [0.25, 0.3) is 0 Å². The Morgan fingerprint density at radius 1 is 1.75 bits per heavy atom. The van der Waals surface area contributed by atoms with Gasteiger partial charge < -0.3 is 0 Å². The van der Waals surface area contributed by atoms with Crippen molar-refractivity contribution in [3.63, 3.8) is 0 Å². The summed E-state index contributed by atoms with van der Waals surface area (Å²) in [5.74, 6) is 1.38. The first-order valence-electron chi connectivity index (χ1n) is 3.30. The van der Waals surface area contributed by atoms with Gasteiger partial charge in [-0.25, -0.2) is 0 Å². The van der Waals surface area contributed by atoms with Crippen LogP contribution in [0.4, 0.5) is 0 Å². The minimum Gasteiger partial charge on any atom is -0.0882 e. The molecule has 0 aromatic heterocycles. The fourth-order valence-electron chi connectivity index (χ4n) is 1.13. The topological polar surface area (TPSA) is 0 Å². The Morgan fingerprint density at radius 3 is 2.75 bits per heavy atom. The second kappa shape index (κ2) is 2.34. The number of hydrogen-bond donors (Lipinski definition) is 0. The van der Waals surface area contributed by atoms with Gasteiger partial charge in [0.2, 0.25) is 0 Å². The molecule has 2 atom stereocenters. The summed E-state index contributed by atoms with van der Waals surface area (Å²) in [4.78, 5) is 0. The number of rotatable bonds is 1. The molecule has 0 fully saturated rings. The molecular formula is C8H13. The molecule has 0 heteroatoms. The third-order valence-electron chi connectivity index (χ3n) is 1.78. The molecule has 0 bridgehead atoms. The minimum atomic E-state index is 0.605. The Morgan fingerprint density at radius 2 is 2.50 bits per heavy atom. The summed E-state index contributed by atoms with van der Waals surface area (Å²) in [6, 6.07) is 0.